The van der Waals surface area contributed by atoms with Gasteiger partial charge in [-0.15, -0.1) is 0 Å². The maximum absolute atomic E-state index is 12.4. The standard InChI is InChI=1S/C13H21N3O2/c1-9(2)8-11-12(15-10(3)14-11)13(17)16-4-6-18-7-5-16/h9H,4-8H2,1-3H3,(H,14,15). The Kier molecular flexibility index (Phi) is 4.01. The number of morpholine rings is 1. The van der Waals surface area contributed by atoms with Gasteiger partial charge in [-0.3, -0.25) is 4.79 Å². The van der Waals surface area contributed by atoms with Gasteiger partial charge in [-0.1, -0.05) is 13.8 Å². The first kappa shape index (κ1) is 13.1. The zero-order chi connectivity index (χ0) is 13.1. The first-order valence-corrected chi connectivity index (χ1v) is 6.50. The number of carbonyl (C=O) groups excluding carboxylic acids is 1. The van der Waals surface area contributed by atoms with Gasteiger partial charge in [0.25, 0.3) is 5.91 Å². The summed E-state index contributed by atoms with van der Waals surface area (Å²) in [5.74, 6) is 1.33. The summed E-state index contributed by atoms with van der Waals surface area (Å²) in [6.45, 7) is 8.72. The molecule has 0 spiro atoms. The van der Waals surface area contributed by atoms with Gasteiger partial charge in [0.05, 0.1) is 13.2 Å². The van der Waals surface area contributed by atoms with Gasteiger partial charge in [0.1, 0.15) is 11.5 Å². The molecule has 1 aromatic rings. The van der Waals surface area contributed by atoms with E-state index in [-0.39, 0.29) is 5.91 Å². The van der Waals surface area contributed by atoms with Gasteiger partial charge in [-0.2, -0.15) is 0 Å². The van der Waals surface area contributed by atoms with Gasteiger partial charge >= 0.3 is 0 Å². The van der Waals surface area contributed by atoms with Crippen molar-refractivity contribution in [1.82, 2.24) is 14.9 Å². The van der Waals surface area contributed by atoms with E-state index in [1.807, 2.05) is 11.8 Å². The molecule has 0 aromatic carbocycles. The molecule has 0 aliphatic carbocycles. The van der Waals surface area contributed by atoms with Crippen LogP contribution in [0.1, 0.15) is 35.9 Å². The number of aromatic nitrogens is 2. The number of imidazole rings is 1. The lowest BCUT2D eigenvalue weighted by atomic mass is 10.1. The SMILES string of the molecule is Cc1nc(C(=O)N2CCOCC2)c(CC(C)C)[nH]1. The Labute approximate surface area is 108 Å². The zero-order valence-electron chi connectivity index (χ0n) is 11.3. The van der Waals surface area contributed by atoms with Gasteiger partial charge in [0.15, 0.2) is 0 Å². The van der Waals surface area contributed by atoms with Crippen LogP contribution in [0.5, 0.6) is 0 Å². The molecule has 1 aliphatic rings. The molecule has 5 heteroatoms. The molecule has 1 aliphatic heterocycles. The van der Waals surface area contributed by atoms with E-state index in [0.717, 1.165) is 17.9 Å². The molecule has 0 unspecified atom stereocenters. The Morgan fingerprint density at radius 1 is 1.44 bits per heavy atom. The van der Waals surface area contributed by atoms with Gasteiger partial charge in [0.2, 0.25) is 0 Å². The van der Waals surface area contributed by atoms with E-state index in [9.17, 15) is 4.79 Å². The summed E-state index contributed by atoms with van der Waals surface area (Å²) in [7, 11) is 0. The molecule has 0 saturated carbocycles. The highest BCUT2D eigenvalue weighted by Gasteiger charge is 2.24. The van der Waals surface area contributed by atoms with Gasteiger partial charge in [-0.25, -0.2) is 4.98 Å². The fourth-order valence-electron chi connectivity index (χ4n) is 2.19. The molecule has 0 atom stereocenters. The molecule has 0 radical (unpaired) electrons. The normalized spacial score (nSPS) is 16.3. The fourth-order valence-corrected chi connectivity index (χ4v) is 2.19. The molecule has 100 valence electrons. The Hall–Kier alpha value is -1.36. The summed E-state index contributed by atoms with van der Waals surface area (Å²) < 4.78 is 5.26. The topological polar surface area (TPSA) is 58.2 Å². The fraction of sp³-hybridized carbons (Fsp3) is 0.692. The average molecular weight is 251 g/mol. The Balaban J connectivity index is 2.17. The molecule has 18 heavy (non-hydrogen) atoms. The van der Waals surface area contributed by atoms with E-state index >= 15 is 0 Å². The molecular weight excluding hydrogens is 230 g/mol. The Bertz CT molecular complexity index is 420. The second-order valence-corrected chi connectivity index (χ2v) is 5.15. The molecule has 1 amide bonds. The van der Waals surface area contributed by atoms with Crippen molar-refractivity contribution in [2.24, 2.45) is 5.92 Å². The monoisotopic (exact) mass is 251 g/mol. The summed E-state index contributed by atoms with van der Waals surface area (Å²) in [6, 6.07) is 0. The third-order valence-corrected chi connectivity index (χ3v) is 3.01. The first-order valence-electron chi connectivity index (χ1n) is 6.50. The quantitative estimate of drug-likeness (QED) is 0.883. The molecule has 1 aromatic heterocycles. The van der Waals surface area contributed by atoms with Crippen molar-refractivity contribution in [3.8, 4) is 0 Å². The van der Waals surface area contributed by atoms with E-state index in [1.165, 1.54) is 0 Å². The first-order chi connectivity index (χ1) is 8.58. The highest BCUT2D eigenvalue weighted by Crippen LogP contribution is 2.14. The van der Waals surface area contributed by atoms with Crippen LogP contribution in [0.3, 0.4) is 0 Å². The van der Waals surface area contributed by atoms with Gasteiger partial charge in [-0.05, 0) is 19.3 Å². The number of hydrogen-bond donors (Lipinski definition) is 1. The van der Waals surface area contributed by atoms with E-state index in [4.69, 9.17) is 4.74 Å². The molecule has 0 bridgehead atoms. The number of hydrogen-bond acceptors (Lipinski definition) is 3. The number of aromatic amines is 1. The van der Waals surface area contributed by atoms with Crippen LogP contribution in [0.15, 0.2) is 0 Å². The molecule has 1 saturated heterocycles. The maximum atomic E-state index is 12.4. The third kappa shape index (κ3) is 2.90. The number of nitrogens with zero attached hydrogens (tertiary/aromatic N) is 2. The van der Waals surface area contributed by atoms with Crippen molar-refractivity contribution in [3.05, 3.63) is 17.2 Å². The lowest BCUT2D eigenvalue weighted by Gasteiger charge is -2.26. The average Bonchev–Trinajstić information content (AvgIpc) is 2.69. The lowest BCUT2D eigenvalue weighted by Crippen LogP contribution is -2.41. The third-order valence-electron chi connectivity index (χ3n) is 3.01. The maximum Gasteiger partial charge on any atom is 0.274 e. The summed E-state index contributed by atoms with van der Waals surface area (Å²) in [6.07, 6.45) is 0.853. The van der Waals surface area contributed by atoms with Gasteiger partial charge < -0.3 is 14.6 Å². The predicted octanol–water partition coefficient (Wildman–Crippen LogP) is 1.39. The minimum atomic E-state index is 0.0262. The van der Waals surface area contributed by atoms with Crippen LogP contribution in [0.2, 0.25) is 0 Å². The number of carbonyl (C=O) groups is 1. The molecule has 1 N–H and O–H groups in total. The highest BCUT2D eigenvalue weighted by atomic mass is 16.5. The van der Waals surface area contributed by atoms with E-state index in [2.05, 4.69) is 23.8 Å². The highest BCUT2D eigenvalue weighted by molar-refractivity contribution is 5.93. The molecule has 5 nitrogen and oxygen atoms in total. The van der Waals surface area contributed by atoms with Crippen LogP contribution < -0.4 is 0 Å². The number of rotatable bonds is 3. The van der Waals surface area contributed by atoms with Crippen molar-refractivity contribution < 1.29 is 9.53 Å². The van der Waals surface area contributed by atoms with Crippen LogP contribution in [0.4, 0.5) is 0 Å². The predicted molar refractivity (Wildman–Crippen MR) is 68.6 cm³/mol. The molecule has 2 rings (SSSR count). The van der Waals surface area contributed by atoms with Crippen molar-refractivity contribution in [1.29, 1.82) is 0 Å². The second-order valence-electron chi connectivity index (χ2n) is 5.15. The van der Waals surface area contributed by atoms with Crippen molar-refractivity contribution in [3.63, 3.8) is 0 Å². The number of nitrogens with one attached hydrogen (secondary N) is 1. The Morgan fingerprint density at radius 3 is 2.72 bits per heavy atom. The van der Waals surface area contributed by atoms with E-state index < -0.39 is 0 Å². The summed E-state index contributed by atoms with van der Waals surface area (Å²) in [5.41, 5.74) is 1.54. The van der Waals surface area contributed by atoms with Crippen molar-refractivity contribution in [2.75, 3.05) is 26.3 Å². The van der Waals surface area contributed by atoms with E-state index in [1.54, 1.807) is 0 Å². The van der Waals surface area contributed by atoms with Crippen LogP contribution in [0.25, 0.3) is 0 Å². The van der Waals surface area contributed by atoms with Crippen molar-refractivity contribution in [2.45, 2.75) is 27.2 Å². The van der Waals surface area contributed by atoms with Crippen molar-refractivity contribution >= 4 is 5.91 Å². The zero-order valence-corrected chi connectivity index (χ0v) is 11.3. The summed E-state index contributed by atoms with van der Waals surface area (Å²) in [5, 5.41) is 0. The van der Waals surface area contributed by atoms with Crippen LogP contribution in [-0.4, -0.2) is 47.1 Å². The number of amides is 1. The lowest BCUT2D eigenvalue weighted by molar-refractivity contribution is 0.0298. The molecule has 2 heterocycles. The van der Waals surface area contributed by atoms with E-state index in [0.29, 0.717) is 37.9 Å². The largest absolute Gasteiger partial charge is 0.378 e. The molecule has 1 fully saturated rings. The number of ether oxygens (including phenoxy) is 1. The number of H-pyrrole nitrogens is 1. The van der Waals surface area contributed by atoms with Gasteiger partial charge in [0, 0.05) is 18.8 Å². The van der Waals surface area contributed by atoms with Crippen LogP contribution in [0, 0.1) is 12.8 Å². The molecular formula is C13H21N3O2. The summed E-state index contributed by atoms with van der Waals surface area (Å²) >= 11 is 0. The second kappa shape index (κ2) is 5.52. The smallest absolute Gasteiger partial charge is 0.274 e. The number of aryl methyl sites for hydroxylation is 1. The van der Waals surface area contributed by atoms with Crippen LogP contribution in [-0.2, 0) is 11.2 Å². The minimum Gasteiger partial charge on any atom is -0.378 e. The summed E-state index contributed by atoms with van der Waals surface area (Å²) in [4.78, 5) is 21.8. The Morgan fingerprint density at radius 2 is 2.11 bits per heavy atom. The minimum absolute atomic E-state index is 0.0262. The van der Waals surface area contributed by atoms with Crippen LogP contribution >= 0.6 is 0 Å².